The molecule has 0 aromatic rings. The second kappa shape index (κ2) is 6.14. The molecular weight excluding hydrogens is 379 g/mol. The third-order valence-corrected chi connectivity index (χ3v) is 12.4. The Labute approximate surface area is 155 Å². The number of sulfone groups is 1. The first-order chi connectivity index (χ1) is 12.1. The van der Waals surface area contributed by atoms with Crippen LogP contribution in [0.4, 0.5) is 4.39 Å². The van der Waals surface area contributed by atoms with Crippen molar-refractivity contribution in [3.8, 4) is 0 Å². The molecule has 0 radical (unpaired) electrons. The minimum Gasteiger partial charge on any atom is -0.282 e. The molecule has 0 saturated heterocycles. The van der Waals surface area contributed by atoms with Gasteiger partial charge in [-0.15, -0.1) is 0 Å². The van der Waals surface area contributed by atoms with E-state index in [4.69, 9.17) is 0 Å². The molecule has 5 rings (SSSR count). The predicted molar refractivity (Wildman–Crippen MR) is 96.4 cm³/mol. The van der Waals surface area contributed by atoms with Gasteiger partial charge >= 0.3 is 14.5 Å². The summed E-state index contributed by atoms with van der Waals surface area (Å²) in [5.74, 6) is 0.434. The van der Waals surface area contributed by atoms with Crippen molar-refractivity contribution >= 4 is 20.0 Å². The molecule has 26 heavy (non-hydrogen) atoms. The van der Waals surface area contributed by atoms with Gasteiger partial charge in [0.05, 0.1) is 4.75 Å². The molecule has 5 nitrogen and oxygen atoms in total. The van der Waals surface area contributed by atoms with Gasteiger partial charge in [0.2, 0.25) is 9.84 Å². The first-order valence-electron chi connectivity index (χ1n) is 9.96. The molecule has 0 aromatic heterocycles. The summed E-state index contributed by atoms with van der Waals surface area (Å²) in [6, 6.07) is 0. The SMILES string of the molecule is O=S(=O)(O)C(F)(CC1CCCCC1)S(=O)(=O)C12CC3CC(CC(C3)C1)C2. The first-order valence-corrected chi connectivity index (χ1v) is 12.9. The van der Waals surface area contributed by atoms with Crippen molar-refractivity contribution < 1.29 is 25.8 Å². The van der Waals surface area contributed by atoms with Gasteiger partial charge in [-0.1, -0.05) is 32.1 Å². The summed E-state index contributed by atoms with van der Waals surface area (Å²) in [5, 5.41) is 0. The number of rotatable bonds is 5. The van der Waals surface area contributed by atoms with Crippen molar-refractivity contribution in [3.05, 3.63) is 0 Å². The molecule has 4 bridgehead atoms. The van der Waals surface area contributed by atoms with Gasteiger partial charge in [-0.05, 0) is 62.2 Å². The van der Waals surface area contributed by atoms with E-state index in [2.05, 4.69) is 0 Å². The molecular formula is C18H29FO5S2. The zero-order chi connectivity index (χ0) is 18.8. The van der Waals surface area contributed by atoms with Crippen LogP contribution < -0.4 is 0 Å². The van der Waals surface area contributed by atoms with Crippen molar-refractivity contribution in [2.45, 2.75) is 86.1 Å². The highest BCUT2D eigenvalue weighted by molar-refractivity contribution is 8.08. The average molecular weight is 409 g/mol. The van der Waals surface area contributed by atoms with Crippen molar-refractivity contribution in [2.75, 3.05) is 0 Å². The molecule has 5 aliphatic rings. The Hall–Kier alpha value is -0.210. The van der Waals surface area contributed by atoms with Crippen LogP contribution in [0.3, 0.4) is 0 Å². The Morgan fingerprint density at radius 2 is 1.35 bits per heavy atom. The molecule has 1 atom stereocenters. The Morgan fingerprint density at radius 3 is 1.77 bits per heavy atom. The minimum atomic E-state index is -5.37. The van der Waals surface area contributed by atoms with Gasteiger partial charge in [0.1, 0.15) is 0 Å². The standard InChI is InChI=1S/C18H29FO5S2/c19-18(26(22,23)24,12-13-4-2-1-3-5-13)25(20,21)17-9-14-6-15(10-17)8-16(7-14)11-17/h13-16H,1-12H2,(H,22,23,24). The molecule has 0 aromatic carbocycles. The summed E-state index contributed by atoms with van der Waals surface area (Å²) in [5.41, 5.74) is 0. The van der Waals surface area contributed by atoms with E-state index in [1.165, 1.54) is 0 Å². The summed E-state index contributed by atoms with van der Waals surface area (Å²) in [6.07, 6.45) is 7.32. The van der Waals surface area contributed by atoms with E-state index in [1.54, 1.807) is 0 Å². The molecule has 0 spiro atoms. The molecule has 1 unspecified atom stereocenters. The fourth-order valence-corrected chi connectivity index (χ4v) is 11.3. The fraction of sp³-hybridized carbons (Fsp3) is 1.00. The summed E-state index contributed by atoms with van der Waals surface area (Å²) in [4.78, 5) is 0. The maximum atomic E-state index is 15.9. The van der Waals surface area contributed by atoms with E-state index in [9.17, 15) is 21.4 Å². The Balaban J connectivity index is 1.73. The van der Waals surface area contributed by atoms with Crippen molar-refractivity contribution in [1.29, 1.82) is 0 Å². The zero-order valence-electron chi connectivity index (χ0n) is 15.1. The molecule has 0 heterocycles. The fourth-order valence-electron chi connectivity index (χ4n) is 6.77. The maximum Gasteiger partial charge on any atom is 0.334 e. The third-order valence-electron chi connectivity index (χ3n) is 7.60. The van der Waals surface area contributed by atoms with Crippen LogP contribution in [0.1, 0.15) is 77.0 Å². The summed E-state index contributed by atoms with van der Waals surface area (Å²) in [6.45, 7) is 0. The average Bonchev–Trinajstić information content (AvgIpc) is 2.53. The van der Waals surface area contributed by atoms with Crippen LogP contribution in [-0.4, -0.2) is 30.5 Å². The highest BCUT2D eigenvalue weighted by atomic mass is 32.3. The second-order valence-electron chi connectivity index (χ2n) is 9.45. The molecule has 8 heteroatoms. The molecule has 5 aliphatic carbocycles. The van der Waals surface area contributed by atoms with Crippen LogP contribution in [0.2, 0.25) is 0 Å². The van der Waals surface area contributed by atoms with Gasteiger partial charge in [-0.3, -0.25) is 4.55 Å². The monoisotopic (exact) mass is 408 g/mol. The Kier molecular flexibility index (Phi) is 4.52. The summed E-state index contributed by atoms with van der Waals surface area (Å²) >= 11 is 0. The van der Waals surface area contributed by atoms with Crippen molar-refractivity contribution in [2.24, 2.45) is 23.7 Å². The second-order valence-corrected chi connectivity index (χ2v) is 13.8. The van der Waals surface area contributed by atoms with E-state index in [0.717, 1.165) is 38.5 Å². The van der Waals surface area contributed by atoms with Crippen molar-refractivity contribution in [1.82, 2.24) is 0 Å². The lowest BCUT2D eigenvalue weighted by Crippen LogP contribution is -2.61. The third kappa shape index (κ3) is 2.77. The van der Waals surface area contributed by atoms with Gasteiger partial charge in [0.25, 0.3) is 0 Å². The van der Waals surface area contributed by atoms with Crippen LogP contribution in [0.15, 0.2) is 0 Å². The van der Waals surface area contributed by atoms with E-state index in [1.807, 2.05) is 0 Å². The largest absolute Gasteiger partial charge is 0.334 e. The van der Waals surface area contributed by atoms with E-state index in [0.29, 0.717) is 32.1 Å². The van der Waals surface area contributed by atoms with Crippen molar-refractivity contribution in [3.63, 3.8) is 0 Å². The lowest BCUT2D eigenvalue weighted by molar-refractivity contribution is 0.0315. The van der Waals surface area contributed by atoms with Gasteiger partial charge in [0.15, 0.2) is 0 Å². The van der Waals surface area contributed by atoms with E-state index < -0.39 is 35.5 Å². The quantitative estimate of drug-likeness (QED) is 0.698. The molecule has 1 N–H and O–H groups in total. The summed E-state index contributed by atoms with van der Waals surface area (Å²) in [7, 11) is -10.1. The molecule has 0 aliphatic heterocycles. The summed E-state index contributed by atoms with van der Waals surface area (Å²) < 4.78 is 72.0. The van der Waals surface area contributed by atoms with E-state index in [-0.39, 0.29) is 23.7 Å². The van der Waals surface area contributed by atoms with Gasteiger partial charge in [-0.2, -0.15) is 8.42 Å². The molecule has 0 amide bonds. The van der Waals surface area contributed by atoms with Crippen LogP contribution in [0.25, 0.3) is 0 Å². The number of hydrogen-bond acceptors (Lipinski definition) is 4. The topological polar surface area (TPSA) is 88.5 Å². The lowest BCUT2D eigenvalue weighted by Gasteiger charge is -2.56. The van der Waals surface area contributed by atoms with Gasteiger partial charge < -0.3 is 0 Å². The molecule has 5 saturated carbocycles. The Morgan fingerprint density at radius 1 is 0.885 bits per heavy atom. The van der Waals surface area contributed by atoms with E-state index >= 15 is 4.39 Å². The maximum absolute atomic E-state index is 15.9. The number of halogens is 1. The number of alkyl halides is 1. The minimum absolute atomic E-state index is 0.247. The molecule has 150 valence electrons. The molecule has 5 fully saturated rings. The first kappa shape index (κ1) is 19.1. The predicted octanol–water partition coefficient (Wildman–Crippen LogP) is 3.85. The lowest BCUT2D eigenvalue weighted by atomic mass is 9.56. The van der Waals surface area contributed by atoms with Crippen LogP contribution in [0, 0.1) is 23.7 Å². The highest BCUT2D eigenvalue weighted by Gasteiger charge is 2.68. The smallest absolute Gasteiger partial charge is 0.282 e. The van der Waals surface area contributed by atoms with Gasteiger partial charge in [0, 0.05) is 6.42 Å². The van der Waals surface area contributed by atoms with Gasteiger partial charge in [-0.25, -0.2) is 12.8 Å². The van der Waals surface area contributed by atoms with Crippen LogP contribution in [0.5, 0.6) is 0 Å². The van der Waals surface area contributed by atoms with Crippen LogP contribution in [-0.2, 0) is 20.0 Å². The normalized spacial score (nSPS) is 40.5. The Bertz CT molecular complexity index is 734. The highest BCUT2D eigenvalue weighted by Crippen LogP contribution is 2.61. The number of hydrogen-bond donors (Lipinski definition) is 1. The van der Waals surface area contributed by atoms with Crippen LogP contribution >= 0.6 is 0 Å². The zero-order valence-corrected chi connectivity index (χ0v) is 16.7.